The fourth-order valence-electron chi connectivity index (χ4n) is 1.73. The second-order valence-corrected chi connectivity index (χ2v) is 5.75. The summed E-state index contributed by atoms with van der Waals surface area (Å²) in [5.41, 5.74) is 0.530. The monoisotopic (exact) mass is 394 g/mol. The van der Waals surface area contributed by atoms with Gasteiger partial charge in [0.1, 0.15) is 6.10 Å². The highest BCUT2D eigenvalue weighted by Gasteiger charge is 2.19. The molecule has 0 saturated heterocycles. The summed E-state index contributed by atoms with van der Waals surface area (Å²) in [6.07, 6.45) is -1.25. The number of rotatable bonds is 2. The van der Waals surface area contributed by atoms with Crippen molar-refractivity contribution in [2.45, 2.75) is 13.0 Å². The molecule has 0 amide bonds. The van der Waals surface area contributed by atoms with E-state index in [9.17, 15) is 13.9 Å². The van der Waals surface area contributed by atoms with Gasteiger partial charge in [0, 0.05) is 9.13 Å². The molecule has 1 atom stereocenters. The predicted octanol–water partition coefficient (Wildman–Crippen LogP) is 4.61. The molecule has 0 bridgehead atoms. The van der Waals surface area contributed by atoms with Crippen LogP contribution in [-0.2, 0) is 0 Å². The number of aryl methyl sites for hydroxylation is 1. The fourth-order valence-corrected chi connectivity index (χ4v) is 2.26. The maximum Gasteiger partial charge on any atom is 0.165 e. The molecule has 2 aromatic carbocycles. The van der Waals surface area contributed by atoms with Crippen LogP contribution in [-0.4, -0.2) is 5.11 Å². The van der Waals surface area contributed by atoms with Gasteiger partial charge in [-0.25, -0.2) is 8.78 Å². The molecule has 1 unspecified atom stereocenters. The van der Waals surface area contributed by atoms with Crippen LogP contribution in [0, 0.1) is 22.1 Å². The summed E-state index contributed by atoms with van der Waals surface area (Å²) in [7, 11) is 0. The Labute approximate surface area is 128 Å². The normalized spacial score (nSPS) is 12.5. The minimum absolute atomic E-state index is 0.0969. The average molecular weight is 395 g/mol. The Morgan fingerprint density at radius 3 is 2.47 bits per heavy atom. The van der Waals surface area contributed by atoms with Crippen LogP contribution in [0.5, 0.6) is 0 Å². The Morgan fingerprint density at radius 2 is 1.84 bits per heavy atom. The number of hydrogen-bond acceptors (Lipinski definition) is 1. The molecule has 0 radical (unpaired) electrons. The molecule has 100 valence electrons. The quantitative estimate of drug-likeness (QED) is 0.738. The van der Waals surface area contributed by atoms with Crippen molar-refractivity contribution >= 4 is 34.2 Å². The number of aliphatic hydroxyl groups is 1. The van der Waals surface area contributed by atoms with E-state index in [0.717, 1.165) is 3.57 Å². The minimum Gasteiger partial charge on any atom is -0.384 e. The standard InChI is InChI=1S/C14H10ClF2IO/c1-7-2-4-9(13(17)12(7)16)14(19)8-3-5-11(18)10(15)6-8/h2-6,14,19H,1H3. The summed E-state index contributed by atoms with van der Waals surface area (Å²) >= 11 is 8.00. The van der Waals surface area contributed by atoms with Gasteiger partial charge >= 0.3 is 0 Å². The summed E-state index contributed by atoms with van der Waals surface area (Å²) in [6.45, 7) is 1.47. The first-order valence-corrected chi connectivity index (χ1v) is 6.95. The second-order valence-electron chi connectivity index (χ2n) is 4.18. The third-order valence-electron chi connectivity index (χ3n) is 2.86. The van der Waals surface area contributed by atoms with Crippen molar-refractivity contribution in [1.29, 1.82) is 0 Å². The first kappa shape index (κ1) is 14.7. The van der Waals surface area contributed by atoms with Gasteiger partial charge in [0.2, 0.25) is 0 Å². The van der Waals surface area contributed by atoms with Gasteiger partial charge in [-0.2, -0.15) is 0 Å². The van der Waals surface area contributed by atoms with E-state index in [0.29, 0.717) is 10.6 Å². The molecule has 19 heavy (non-hydrogen) atoms. The van der Waals surface area contributed by atoms with Crippen molar-refractivity contribution in [3.8, 4) is 0 Å². The van der Waals surface area contributed by atoms with Crippen LogP contribution in [0.3, 0.4) is 0 Å². The molecule has 0 heterocycles. The highest BCUT2D eigenvalue weighted by atomic mass is 127. The molecule has 1 nitrogen and oxygen atoms in total. The van der Waals surface area contributed by atoms with Crippen LogP contribution in [0.2, 0.25) is 5.02 Å². The summed E-state index contributed by atoms with van der Waals surface area (Å²) in [5.74, 6) is -1.96. The van der Waals surface area contributed by atoms with Crippen molar-refractivity contribution in [2.75, 3.05) is 0 Å². The molecule has 2 rings (SSSR count). The van der Waals surface area contributed by atoms with Crippen LogP contribution < -0.4 is 0 Å². The van der Waals surface area contributed by atoms with Crippen molar-refractivity contribution in [3.05, 3.63) is 67.2 Å². The average Bonchev–Trinajstić information content (AvgIpc) is 2.39. The fraction of sp³-hybridized carbons (Fsp3) is 0.143. The SMILES string of the molecule is Cc1ccc(C(O)c2ccc(I)c(Cl)c2)c(F)c1F. The molecule has 0 aliphatic carbocycles. The Morgan fingerprint density at radius 1 is 1.16 bits per heavy atom. The molecule has 0 aliphatic rings. The summed E-state index contributed by atoms with van der Waals surface area (Å²) in [4.78, 5) is 0. The van der Waals surface area contributed by atoms with Crippen LogP contribution in [0.15, 0.2) is 30.3 Å². The Kier molecular flexibility index (Phi) is 4.43. The maximum atomic E-state index is 13.8. The highest BCUT2D eigenvalue weighted by molar-refractivity contribution is 14.1. The van der Waals surface area contributed by atoms with E-state index in [-0.39, 0.29) is 11.1 Å². The lowest BCUT2D eigenvalue weighted by atomic mass is 9.99. The lowest BCUT2D eigenvalue weighted by molar-refractivity contribution is 0.213. The van der Waals surface area contributed by atoms with E-state index in [1.54, 1.807) is 18.2 Å². The Balaban J connectivity index is 2.47. The topological polar surface area (TPSA) is 20.2 Å². The zero-order valence-electron chi connectivity index (χ0n) is 9.92. The largest absolute Gasteiger partial charge is 0.384 e. The van der Waals surface area contributed by atoms with Crippen LogP contribution in [0.25, 0.3) is 0 Å². The highest BCUT2D eigenvalue weighted by Crippen LogP contribution is 2.29. The van der Waals surface area contributed by atoms with Gasteiger partial charge in [-0.15, -0.1) is 0 Å². The molecule has 5 heteroatoms. The van der Waals surface area contributed by atoms with E-state index in [1.807, 2.05) is 22.6 Å². The van der Waals surface area contributed by atoms with Crippen molar-refractivity contribution in [3.63, 3.8) is 0 Å². The molecule has 0 saturated carbocycles. The molecule has 1 N–H and O–H groups in total. The number of hydrogen-bond donors (Lipinski definition) is 1. The predicted molar refractivity (Wildman–Crippen MR) is 79.3 cm³/mol. The van der Waals surface area contributed by atoms with Crippen molar-refractivity contribution < 1.29 is 13.9 Å². The van der Waals surface area contributed by atoms with E-state index < -0.39 is 17.7 Å². The number of halogens is 4. The Hall–Kier alpha value is -0.720. The molecule has 0 aromatic heterocycles. The van der Waals surface area contributed by atoms with E-state index in [4.69, 9.17) is 11.6 Å². The first-order chi connectivity index (χ1) is 8.91. The number of benzene rings is 2. The lowest BCUT2D eigenvalue weighted by Crippen LogP contribution is -2.05. The van der Waals surface area contributed by atoms with E-state index in [1.165, 1.54) is 19.1 Å². The third kappa shape index (κ3) is 2.90. The van der Waals surface area contributed by atoms with Gasteiger partial charge in [-0.3, -0.25) is 0 Å². The second kappa shape index (κ2) is 5.73. The van der Waals surface area contributed by atoms with Crippen LogP contribution in [0.4, 0.5) is 8.78 Å². The van der Waals surface area contributed by atoms with Gasteiger partial charge in [0.05, 0.1) is 5.02 Å². The molecule has 0 fully saturated rings. The van der Waals surface area contributed by atoms with Gasteiger partial charge in [-0.05, 0) is 52.8 Å². The maximum absolute atomic E-state index is 13.8. The van der Waals surface area contributed by atoms with Gasteiger partial charge in [0.15, 0.2) is 11.6 Å². The van der Waals surface area contributed by atoms with Gasteiger partial charge < -0.3 is 5.11 Å². The zero-order valence-corrected chi connectivity index (χ0v) is 12.8. The summed E-state index contributed by atoms with van der Waals surface area (Å²) < 4.78 is 28.1. The van der Waals surface area contributed by atoms with Gasteiger partial charge in [-0.1, -0.05) is 29.8 Å². The van der Waals surface area contributed by atoms with Crippen LogP contribution >= 0.6 is 34.2 Å². The third-order valence-corrected chi connectivity index (χ3v) is 4.43. The minimum atomic E-state index is -1.25. The lowest BCUT2D eigenvalue weighted by Gasteiger charge is -2.14. The summed E-state index contributed by atoms with van der Waals surface area (Å²) in [6, 6.07) is 7.71. The summed E-state index contributed by atoms with van der Waals surface area (Å²) in [5, 5.41) is 10.6. The van der Waals surface area contributed by atoms with Gasteiger partial charge in [0.25, 0.3) is 0 Å². The van der Waals surface area contributed by atoms with Crippen molar-refractivity contribution in [1.82, 2.24) is 0 Å². The van der Waals surface area contributed by atoms with E-state index >= 15 is 0 Å². The Bertz CT molecular complexity index is 631. The molecule has 0 aliphatic heterocycles. The molecular formula is C14H10ClF2IO. The number of aliphatic hydroxyl groups excluding tert-OH is 1. The molecule has 2 aromatic rings. The smallest absolute Gasteiger partial charge is 0.165 e. The zero-order chi connectivity index (χ0) is 14.2. The van der Waals surface area contributed by atoms with Crippen molar-refractivity contribution in [2.24, 2.45) is 0 Å². The molecule has 0 spiro atoms. The van der Waals surface area contributed by atoms with Crippen LogP contribution in [0.1, 0.15) is 22.8 Å². The molecular weight excluding hydrogens is 385 g/mol. The van der Waals surface area contributed by atoms with E-state index in [2.05, 4.69) is 0 Å². The first-order valence-electron chi connectivity index (χ1n) is 5.49.